The van der Waals surface area contributed by atoms with Crippen molar-refractivity contribution < 1.29 is 18.2 Å². The lowest BCUT2D eigenvalue weighted by atomic mass is 9.76. The summed E-state index contributed by atoms with van der Waals surface area (Å²) in [5.41, 5.74) is 1.35. The molecule has 1 saturated heterocycles. The highest BCUT2D eigenvalue weighted by molar-refractivity contribution is 6.64. The molecule has 0 bridgehead atoms. The van der Waals surface area contributed by atoms with Gasteiger partial charge in [-0.15, -0.1) is 0 Å². The normalized spacial score (nSPS) is 19.3. The van der Waals surface area contributed by atoms with Gasteiger partial charge in [0.1, 0.15) is 17.3 Å². The fourth-order valence-electron chi connectivity index (χ4n) is 2.62. The van der Waals surface area contributed by atoms with Crippen molar-refractivity contribution in [3.05, 3.63) is 35.3 Å². The summed E-state index contributed by atoms with van der Waals surface area (Å²) in [6.45, 7) is 11.5. The van der Waals surface area contributed by atoms with Crippen molar-refractivity contribution in [2.45, 2.75) is 52.7 Å². The van der Waals surface area contributed by atoms with E-state index in [0.717, 1.165) is 5.56 Å². The van der Waals surface area contributed by atoms with Crippen LogP contribution in [0.5, 0.6) is 0 Å². The molecule has 6 heteroatoms. The van der Waals surface area contributed by atoms with Gasteiger partial charge >= 0.3 is 7.12 Å². The van der Waals surface area contributed by atoms with Crippen LogP contribution in [0.1, 0.15) is 39.0 Å². The number of hydrogen-bond donors (Lipinski definition) is 0. The summed E-state index contributed by atoms with van der Waals surface area (Å²) in [6.07, 6.45) is 0. The first-order chi connectivity index (χ1) is 10.6. The van der Waals surface area contributed by atoms with Crippen LogP contribution < -0.4 is 5.46 Å². The van der Waals surface area contributed by atoms with Gasteiger partial charge in [-0.3, -0.25) is 0 Å². The van der Waals surface area contributed by atoms with E-state index in [1.807, 2.05) is 40.7 Å². The Morgan fingerprint density at radius 1 is 1.04 bits per heavy atom. The molecule has 0 atom stereocenters. The molecule has 2 aromatic rings. The van der Waals surface area contributed by atoms with E-state index in [0.29, 0.717) is 22.5 Å². The molecule has 0 saturated carbocycles. The fraction of sp³-hybridized carbons (Fsp3) is 0.471. The molecule has 0 aliphatic carbocycles. The van der Waals surface area contributed by atoms with Gasteiger partial charge in [0, 0.05) is 5.56 Å². The van der Waals surface area contributed by atoms with E-state index < -0.39 is 18.3 Å². The van der Waals surface area contributed by atoms with Crippen LogP contribution in [0.25, 0.3) is 11.3 Å². The van der Waals surface area contributed by atoms with Gasteiger partial charge in [-0.1, -0.05) is 11.2 Å². The van der Waals surface area contributed by atoms with Gasteiger partial charge in [0.15, 0.2) is 0 Å². The minimum atomic E-state index is -0.637. The minimum Gasteiger partial charge on any atom is -0.399 e. The first kappa shape index (κ1) is 16.2. The van der Waals surface area contributed by atoms with Gasteiger partial charge in [0.25, 0.3) is 0 Å². The summed E-state index contributed by atoms with van der Waals surface area (Å²) in [5, 5.41) is 4.04. The molecule has 1 aromatic heterocycles. The zero-order chi connectivity index (χ0) is 17.0. The lowest BCUT2D eigenvalue weighted by Gasteiger charge is -2.32. The van der Waals surface area contributed by atoms with Crippen LogP contribution in [0.15, 0.2) is 22.7 Å². The Bertz CT molecular complexity index is 738. The predicted octanol–water partition coefficient (Wildman–Crippen LogP) is 3.40. The summed E-state index contributed by atoms with van der Waals surface area (Å²) in [6, 6.07) is 5.03. The number of nitrogens with zero attached hydrogens (tertiary/aromatic N) is 1. The molecule has 1 fully saturated rings. The SMILES string of the molecule is Cc1ccc(-c2noc(C)c2B2OC(C)(C)C(C)(C)O2)c(F)c1. The topological polar surface area (TPSA) is 44.5 Å². The molecule has 1 aliphatic heterocycles. The highest BCUT2D eigenvalue weighted by Crippen LogP contribution is 2.37. The van der Waals surface area contributed by atoms with Crippen LogP contribution in [-0.4, -0.2) is 23.5 Å². The van der Waals surface area contributed by atoms with Crippen LogP contribution in [0.2, 0.25) is 0 Å². The monoisotopic (exact) mass is 317 g/mol. The number of rotatable bonds is 2. The Labute approximate surface area is 136 Å². The van der Waals surface area contributed by atoms with Crippen molar-refractivity contribution in [2.75, 3.05) is 0 Å². The molecule has 0 N–H and O–H groups in total. The highest BCUT2D eigenvalue weighted by Gasteiger charge is 2.53. The van der Waals surface area contributed by atoms with Crippen molar-refractivity contribution in [1.29, 1.82) is 0 Å². The van der Waals surface area contributed by atoms with Gasteiger partial charge < -0.3 is 13.8 Å². The first-order valence-electron chi connectivity index (χ1n) is 7.71. The number of hydrogen-bond acceptors (Lipinski definition) is 4. The largest absolute Gasteiger partial charge is 0.500 e. The van der Waals surface area contributed by atoms with Crippen molar-refractivity contribution in [1.82, 2.24) is 5.16 Å². The second-order valence-corrected chi connectivity index (χ2v) is 7.07. The maximum absolute atomic E-state index is 14.4. The highest BCUT2D eigenvalue weighted by atomic mass is 19.1. The van der Waals surface area contributed by atoms with Crippen molar-refractivity contribution >= 4 is 12.6 Å². The molecule has 0 radical (unpaired) electrons. The average molecular weight is 317 g/mol. The Morgan fingerprint density at radius 2 is 1.65 bits per heavy atom. The van der Waals surface area contributed by atoms with Crippen LogP contribution in [-0.2, 0) is 9.31 Å². The van der Waals surface area contributed by atoms with Gasteiger partial charge in [-0.2, -0.15) is 0 Å². The molecule has 23 heavy (non-hydrogen) atoms. The smallest absolute Gasteiger partial charge is 0.399 e. The van der Waals surface area contributed by atoms with E-state index in [1.165, 1.54) is 6.07 Å². The van der Waals surface area contributed by atoms with Crippen LogP contribution in [0, 0.1) is 19.7 Å². The number of aromatic nitrogens is 1. The van der Waals surface area contributed by atoms with E-state index in [1.54, 1.807) is 13.0 Å². The second kappa shape index (κ2) is 5.18. The van der Waals surface area contributed by atoms with E-state index in [-0.39, 0.29) is 5.82 Å². The Hall–Kier alpha value is -1.66. The fourth-order valence-corrected chi connectivity index (χ4v) is 2.62. The van der Waals surface area contributed by atoms with Gasteiger partial charge in [0.2, 0.25) is 0 Å². The Kier molecular flexibility index (Phi) is 3.65. The number of aryl methyl sites for hydroxylation is 2. The lowest BCUT2D eigenvalue weighted by Crippen LogP contribution is -2.41. The summed E-state index contributed by atoms with van der Waals surface area (Å²) in [7, 11) is -0.637. The third-order valence-corrected chi connectivity index (χ3v) is 4.78. The van der Waals surface area contributed by atoms with E-state index >= 15 is 0 Å². The molecule has 0 spiro atoms. The first-order valence-corrected chi connectivity index (χ1v) is 7.71. The van der Waals surface area contributed by atoms with Crippen molar-refractivity contribution in [3.8, 4) is 11.3 Å². The minimum absolute atomic E-state index is 0.337. The molecule has 4 nitrogen and oxygen atoms in total. The summed E-state index contributed by atoms with van der Waals surface area (Å²) in [4.78, 5) is 0. The maximum Gasteiger partial charge on any atom is 0.500 e. The Balaban J connectivity index is 2.07. The van der Waals surface area contributed by atoms with Gasteiger partial charge in [0.05, 0.1) is 16.7 Å². The molecule has 3 rings (SSSR count). The Morgan fingerprint density at radius 3 is 2.22 bits per heavy atom. The zero-order valence-corrected chi connectivity index (χ0v) is 14.4. The molecule has 0 amide bonds. The lowest BCUT2D eigenvalue weighted by molar-refractivity contribution is 0.00578. The molecule has 122 valence electrons. The third kappa shape index (κ3) is 2.60. The molecule has 1 aromatic carbocycles. The summed E-state index contributed by atoms with van der Waals surface area (Å²) in [5.74, 6) is 0.231. The quantitative estimate of drug-likeness (QED) is 0.797. The van der Waals surface area contributed by atoms with Gasteiger partial charge in [-0.25, -0.2) is 4.39 Å². The van der Waals surface area contributed by atoms with Crippen LogP contribution >= 0.6 is 0 Å². The van der Waals surface area contributed by atoms with Crippen LogP contribution in [0.3, 0.4) is 0 Å². The third-order valence-electron chi connectivity index (χ3n) is 4.78. The average Bonchev–Trinajstić information content (AvgIpc) is 2.87. The number of benzene rings is 1. The molecular weight excluding hydrogens is 296 g/mol. The van der Waals surface area contributed by atoms with E-state index in [2.05, 4.69) is 5.16 Å². The molecule has 2 heterocycles. The van der Waals surface area contributed by atoms with E-state index in [9.17, 15) is 4.39 Å². The van der Waals surface area contributed by atoms with Crippen molar-refractivity contribution in [3.63, 3.8) is 0 Å². The summed E-state index contributed by atoms with van der Waals surface area (Å²) < 4.78 is 31.8. The predicted molar refractivity (Wildman–Crippen MR) is 87.1 cm³/mol. The summed E-state index contributed by atoms with van der Waals surface area (Å²) >= 11 is 0. The van der Waals surface area contributed by atoms with Gasteiger partial charge in [-0.05, 0) is 59.2 Å². The van der Waals surface area contributed by atoms with E-state index in [4.69, 9.17) is 13.8 Å². The molecule has 1 aliphatic rings. The number of halogens is 1. The van der Waals surface area contributed by atoms with Crippen molar-refractivity contribution in [2.24, 2.45) is 0 Å². The molecular formula is C17H21BFNO3. The standard InChI is InChI=1S/C17H21BFNO3/c1-10-7-8-12(13(19)9-10)15-14(11(2)21-20-15)18-22-16(3,4)17(5,6)23-18/h7-9H,1-6H3. The van der Waals surface area contributed by atoms with Crippen LogP contribution in [0.4, 0.5) is 4.39 Å². The molecule has 0 unspecified atom stereocenters. The zero-order valence-electron chi connectivity index (χ0n) is 14.4. The maximum atomic E-state index is 14.4. The second-order valence-electron chi connectivity index (χ2n) is 7.07.